The van der Waals surface area contributed by atoms with Crippen LogP contribution < -0.4 is 10.2 Å². The van der Waals surface area contributed by atoms with Crippen molar-refractivity contribution in [1.29, 1.82) is 0 Å². The van der Waals surface area contributed by atoms with Crippen LogP contribution in [0.1, 0.15) is 47.5 Å². The summed E-state index contributed by atoms with van der Waals surface area (Å²) in [5, 5.41) is 2.84. The lowest BCUT2D eigenvalue weighted by atomic mass is 9.96. The highest BCUT2D eigenvalue weighted by Crippen LogP contribution is 2.19. The molecule has 4 nitrogen and oxygen atoms in total. The van der Waals surface area contributed by atoms with E-state index in [1.807, 2.05) is 39.1 Å². The number of carbonyl (C=O) groups is 1. The van der Waals surface area contributed by atoms with Crippen molar-refractivity contribution in [3.63, 3.8) is 0 Å². The Labute approximate surface area is 122 Å². The largest absolute Gasteiger partial charge is 0.370 e. The molecule has 1 heterocycles. The van der Waals surface area contributed by atoms with E-state index in [2.05, 4.69) is 29.0 Å². The summed E-state index contributed by atoms with van der Waals surface area (Å²) >= 11 is 0. The Hall–Kier alpha value is -1.58. The molecule has 20 heavy (non-hydrogen) atoms. The van der Waals surface area contributed by atoms with Crippen molar-refractivity contribution in [2.75, 3.05) is 23.3 Å². The summed E-state index contributed by atoms with van der Waals surface area (Å²) in [6.07, 6.45) is 4.06. The van der Waals surface area contributed by atoms with Gasteiger partial charge in [-0.15, -0.1) is 0 Å². The zero-order valence-corrected chi connectivity index (χ0v) is 13.4. The molecule has 0 aliphatic carbocycles. The minimum Gasteiger partial charge on any atom is -0.370 e. The van der Waals surface area contributed by atoms with E-state index in [1.54, 1.807) is 0 Å². The standard InChI is InChI=1S/C16H27N3O/c1-6-10-19(11-7-2)13-8-9-14(17-12-13)18-15(20)16(3,4)5/h8-9,12H,6-7,10-11H2,1-5H3,(H,17,18,20). The molecule has 0 radical (unpaired) electrons. The van der Waals surface area contributed by atoms with E-state index in [1.165, 1.54) is 0 Å². The monoisotopic (exact) mass is 277 g/mol. The van der Waals surface area contributed by atoms with Gasteiger partial charge in [-0.3, -0.25) is 4.79 Å². The van der Waals surface area contributed by atoms with Gasteiger partial charge in [-0.2, -0.15) is 0 Å². The Morgan fingerprint density at radius 2 is 1.80 bits per heavy atom. The molecule has 0 saturated carbocycles. The summed E-state index contributed by atoms with van der Waals surface area (Å²) in [4.78, 5) is 18.6. The van der Waals surface area contributed by atoms with Gasteiger partial charge in [0, 0.05) is 18.5 Å². The summed E-state index contributed by atoms with van der Waals surface area (Å²) < 4.78 is 0. The van der Waals surface area contributed by atoms with Crippen LogP contribution >= 0.6 is 0 Å². The first kappa shape index (κ1) is 16.5. The minimum atomic E-state index is -0.406. The van der Waals surface area contributed by atoms with E-state index < -0.39 is 5.41 Å². The summed E-state index contributed by atoms with van der Waals surface area (Å²) in [5.41, 5.74) is 0.707. The lowest BCUT2D eigenvalue weighted by Crippen LogP contribution is -2.28. The maximum atomic E-state index is 11.9. The van der Waals surface area contributed by atoms with Crippen LogP contribution in [-0.2, 0) is 4.79 Å². The first-order valence-corrected chi connectivity index (χ1v) is 7.41. The van der Waals surface area contributed by atoms with Gasteiger partial charge in [-0.25, -0.2) is 4.98 Å². The molecule has 0 saturated heterocycles. The Morgan fingerprint density at radius 3 is 2.20 bits per heavy atom. The number of nitrogens with zero attached hydrogens (tertiary/aromatic N) is 2. The van der Waals surface area contributed by atoms with Crippen LogP contribution in [0.4, 0.5) is 11.5 Å². The first-order chi connectivity index (χ1) is 9.38. The van der Waals surface area contributed by atoms with E-state index in [-0.39, 0.29) is 5.91 Å². The van der Waals surface area contributed by atoms with E-state index in [0.717, 1.165) is 31.6 Å². The highest BCUT2D eigenvalue weighted by Gasteiger charge is 2.21. The quantitative estimate of drug-likeness (QED) is 0.862. The lowest BCUT2D eigenvalue weighted by Gasteiger charge is -2.23. The van der Waals surface area contributed by atoms with Crippen LogP contribution in [0.5, 0.6) is 0 Å². The van der Waals surface area contributed by atoms with Gasteiger partial charge in [0.2, 0.25) is 5.91 Å². The van der Waals surface area contributed by atoms with Gasteiger partial charge in [0.25, 0.3) is 0 Å². The second kappa shape index (κ2) is 7.27. The normalized spacial score (nSPS) is 11.2. The third kappa shape index (κ3) is 4.83. The maximum absolute atomic E-state index is 11.9. The van der Waals surface area contributed by atoms with Crippen molar-refractivity contribution < 1.29 is 4.79 Å². The molecule has 1 amide bonds. The predicted molar refractivity (Wildman–Crippen MR) is 85.1 cm³/mol. The second-order valence-electron chi connectivity index (χ2n) is 6.09. The van der Waals surface area contributed by atoms with Gasteiger partial charge in [0.15, 0.2) is 0 Å². The van der Waals surface area contributed by atoms with Crippen molar-refractivity contribution in [3.05, 3.63) is 18.3 Å². The van der Waals surface area contributed by atoms with Crippen LogP contribution in [0.2, 0.25) is 0 Å². The first-order valence-electron chi connectivity index (χ1n) is 7.41. The Balaban J connectivity index is 2.75. The Bertz CT molecular complexity index is 414. The van der Waals surface area contributed by atoms with Crippen LogP contribution in [0.15, 0.2) is 18.3 Å². The van der Waals surface area contributed by atoms with Crippen LogP contribution in [-0.4, -0.2) is 24.0 Å². The predicted octanol–water partition coefficient (Wildman–Crippen LogP) is 3.69. The molecule has 0 fully saturated rings. The number of pyridine rings is 1. The Kier molecular flexibility index (Phi) is 5.99. The number of carbonyl (C=O) groups excluding carboxylic acids is 1. The fraction of sp³-hybridized carbons (Fsp3) is 0.625. The van der Waals surface area contributed by atoms with Crippen LogP contribution in [0, 0.1) is 5.41 Å². The molecule has 4 heteroatoms. The highest BCUT2D eigenvalue weighted by atomic mass is 16.2. The lowest BCUT2D eigenvalue weighted by molar-refractivity contribution is -0.123. The summed E-state index contributed by atoms with van der Waals surface area (Å²) in [5.74, 6) is 0.596. The molecule has 0 spiro atoms. The number of nitrogens with one attached hydrogen (secondary N) is 1. The SMILES string of the molecule is CCCN(CCC)c1ccc(NC(=O)C(C)(C)C)nc1. The van der Waals surface area contributed by atoms with E-state index in [9.17, 15) is 4.79 Å². The van der Waals surface area contributed by atoms with Gasteiger partial charge in [0.05, 0.1) is 11.9 Å². The van der Waals surface area contributed by atoms with Gasteiger partial charge in [-0.05, 0) is 25.0 Å². The Morgan fingerprint density at radius 1 is 1.20 bits per heavy atom. The van der Waals surface area contributed by atoms with Crippen molar-refractivity contribution in [1.82, 2.24) is 4.98 Å². The minimum absolute atomic E-state index is 0.0169. The second-order valence-corrected chi connectivity index (χ2v) is 6.09. The zero-order valence-electron chi connectivity index (χ0n) is 13.4. The molecule has 1 aromatic heterocycles. The average molecular weight is 277 g/mol. The van der Waals surface area contributed by atoms with Gasteiger partial charge in [-0.1, -0.05) is 34.6 Å². The molecular weight excluding hydrogens is 250 g/mol. The van der Waals surface area contributed by atoms with Crippen molar-refractivity contribution in [3.8, 4) is 0 Å². The average Bonchev–Trinajstić information content (AvgIpc) is 2.38. The topological polar surface area (TPSA) is 45.2 Å². The highest BCUT2D eigenvalue weighted by molar-refractivity contribution is 5.93. The molecule has 0 bridgehead atoms. The fourth-order valence-corrected chi connectivity index (χ4v) is 1.86. The van der Waals surface area contributed by atoms with Gasteiger partial charge in [0.1, 0.15) is 5.82 Å². The van der Waals surface area contributed by atoms with Gasteiger partial charge < -0.3 is 10.2 Å². The van der Waals surface area contributed by atoms with Crippen LogP contribution in [0.3, 0.4) is 0 Å². The molecule has 1 rings (SSSR count). The van der Waals surface area contributed by atoms with Crippen molar-refractivity contribution >= 4 is 17.4 Å². The van der Waals surface area contributed by atoms with Gasteiger partial charge >= 0.3 is 0 Å². The molecule has 112 valence electrons. The van der Waals surface area contributed by atoms with E-state index >= 15 is 0 Å². The molecule has 0 aliphatic heterocycles. The molecule has 0 aliphatic rings. The summed E-state index contributed by atoms with van der Waals surface area (Å²) in [6, 6.07) is 3.90. The molecule has 0 aromatic carbocycles. The number of rotatable bonds is 6. The molecule has 1 aromatic rings. The number of anilines is 2. The third-order valence-electron chi connectivity index (χ3n) is 3.02. The van der Waals surface area contributed by atoms with Crippen LogP contribution in [0.25, 0.3) is 0 Å². The van der Waals surface area contributed by atoms with E-state index in [4.69, 9.17) is 0 Å². The molecule has 0 unspecified atom stereocenters. The summed E-state index contributed by atoms with van der Waals surface area (Å²) in [6.45, 7) is 12.1. The smallest absolute Gasteiger partial charge is 0.230 e. The van der Waals surface area contributed by atoms with Crippen molar-refractivity contribution in [2.45, 2.75) is 47.5 Å². The third-order valence-corrected chi connectivity index (χ3v) is 3.02. The molecule has 1 N–H and O–H groups in total. The van der Waals surface area contributed by atoms with E-state index in [0.29, 0.717) is 5.82 Å². The zero-order chi connectivity index (χ0) is 15.2. The molecular formula is C16H27N3O. The number of aromatic nitrogens is 1. The maximum Gasteiger partial charge on any atom is 0.230 e. The number of hydrogen-bond acceptors (Lipinski definition) is 3. The number of amides is 1. The molecule has 0 atom stereocenters. The summed E-state index contributed by atoms with van der Waals surface area (Å²) in [7, 11) is 0. The fourth-order valence-electron chi connectivity index (χ4n) is 1.86. The number of hydrogen-bond donors (Lipinski definition) is 1. The van der Waals surface area contributed by atoms with Crippen molar-refractivity contribution in [2.24, 2.45) is 5.41 Å².